The van der Waals surface area contributed by atoms with Crippen molar-refractivity contribution in [2.45, 2.75) is 13.0 Å². The summed E-state index contributed by atoms with van der Waals surface area (Å²) in [7, 11) is 0. The second-order valence-corrected chi connectivity index (χ2v) is 6.24. The molecule has 1 atom stereocenters. The third kappa shape index (κ3) is 3.09. The zero-order chi connectivity index (χ0) is 18.1. The quantitative estimate of drug-likeness (QED) is 0.762. The van der Waals surface area contributed by atoms with E-state index in [1.165, 1.54) is 6.07 Å². The lowest BCUT2D eigenvalue weighted by atomic mass is 10.1. The highest BCUT2D eigenvalue weighted by molar-refractivity contribution is 6.06. The van der Waals surface area contributed by atoms with Gasteiger partial charge < -0.3 is 14.6 Å². The number of hydrogen-bond donors (Lipinski definition) is 1. The van der Waals surface area contributed by atoms with Crippen molar-refractivity contribution in [1.29, 1.82) is 0 Å². The van der Waals surface area contributed by atoms with E-state index in [0.717, 1.165) is 10.9 Å². The number of rotatable bonds is 2. The molecule has 1 fully saturated rings. The van der Waals surface area contributed by atoms with Crippen LogP contribution >= 0.6 is 0 Å². The van der Waals surface area contributed by atoms with Crippen LogP contribution in [0.5, 0.6) is 0 Å². The number of benzene rings is 1. The van der Waals surface area contributed by atoms with Crippen LogP contribution in [-0.2, 0) is 4.74 Å². The van der Waals surface area contributed by atoms with E-state index in [1.54, 1.807) is 18.0 Å². The van der Waals surface area contributed by atoms with Crippen LogP contribution in [-0.4, -0.2) is 45.5 Å². The molecule has 3 aromatic rings. The molecule has 3 heterocycles. The molecule has 1 aliphatic heterocycles. The Morgan fingerprint density at radius 1 is 1.31 bits per heavy atom. The van der Waals surface area contributed by atoms with Crippen LogP contribution in [0.15, 0.2) is 47.4 Å². The highest BCUT2D eigenvalue weighted by atomic mass is 16.5. The number of ether oxygens (including phenoxy) is 1. The normalized spacial score (nSPS) is 17.4. The maximum atomic E-state index is 13.1. The molecule has 1 unspecified atom stereocenters. The number of nitrogens with zero attached hydrogens (tertiary/aromatic N) is 3. The number of aromatic nitrogens is 3. The van der Waals surface area contributed by atoms with Gasteiger partial charge in [0.2, 0.25) is 0 Å². The topological polar surface area (TPSA) is 88.2 Å². The third-order valence-electron chi connectivity index (χ3n) is 4.44. The van der Waals surface area contributed by atoms with Gasteiger partial charge in [-0.25, -0.2) is 4.98 Å². The fourth-order valence-electron chi connectivity index (χ4n) is 3.24. The van der Waals surface area contributed by atoms with Gasteiger partial charge in [-0.05, 0) is 25.1 Å². The van der Waals surface area contributed by atoms with Crippen LogP contribution in [0.4, 0.5) is 0 Å². The molecule has 0 radical (unpaired) electrons. The van der Waals surface area contributed by atoms with Crippen molar-refractivity contribution in [3.05, 3.63) is 70.0 Å². The molecule has 0 aliphatic carbocycles. The second-order valence-electron chi connectivity index (χ2n) is 6.24. The molecule has 2 aromatic heterocycles. The van der Waals surface area contributed by atoms with Gasteiger partial charge in [0.05, 0.1) is 24.4 Å². The van der Waals surface area contributed by atoms with Crippen LogP contribution in [0.3, 0.4) is 0 Å². The first-order valence-corrected chi connectivity index (χ1v) is 8.44. The van der Waals surface area contributed by atoms with E-state index in [1.807, 2.05) is 30.3 Å². The van der Waals surface area contributed by atoms with Crippen LogP contribution in [0.1, 0.15) is 28.0 Å². The first-order valence-electron chi connectivity index (χ1n) is 8.44. The Morgan fingerprint density at radius 2 is 2.19 bits per heavy atom. The van der Waals surface area contributed by atoms with Gasteiger partial charge in [0, 0.05) is 29.8 Å². The Bertz CT molecular complexity index is 1030. The summed E-state index contributed by atoms with van der Waals surface area (Å²) in [5, 5.41) is 0.827. The van der Waals surface area contributed by atoms with Crippen molar-refractivity contribution in [3.8, 4) is 0 Å². The summed E-state index contributed by atoms with van der Waals surface area (Å²) in [5.41, 5.74) is 1.73. The number of morpholine rings is 1. The minimum absolute atomic E-state index is 0.0709. The number of nitrogens with one attached hydrogen (secondary N) is 1. The number of fused-ring (bicyclic) bond motifs is 1. The predicted octanol–water partition coefficient (Wildman–Crippen LogP) is 1.84. The lowest BCUT2D eigenvalue weighted by molar-refractivity contribution is -0.0248. The van der Waals surface area contributed by atoms with Crippen molar-refractivity contribution >= 4 is 16.8 Å². The van der Waals surface area contributed by atoms with E-state index >= 15 is 0 Å². The van der Waals surface area contributed by atoms with E-state index in [4.69, 9.17) is 4.74 Å². The van der Waals surface area contributed by atoms with Gasteiger partial charge in [0.15, 0.2) is 0 Å². The Labute approximate surface area is 149 Å². The summed E-state index contributed by atoms with van der Waals surface area (Å²) in [6.45, 7) is 2.96. The van der Waals surface area contributed by atoms with Gasteiger partial charge in [-0.1, -0.05) is 12.1 Å². The molecule has 1 amide bonds. The third-order valence-corrected chi connectivity index (χ3v) is 4.44. The number of carbonyl (C=O) groups is 1. The number of H-pyrrole nitrogens is 1. The van der Waals surface area contributed by atoms with E-state index in [9.17, 15) is 9.59 Å². The standard InChI is InChI=1S/C19H18N4O3/c1-12-21-16(10-18(24)22-12)17-11-23(8-9-26-17)19(25)14-4-2-6-15-13(14)5-3-7-20-15/h2-7,10,17H,8-9,11H2,1H3,(H,21,22,24). The van der Waals surface area contributed by atoms with E-state index in [-0.39, 0.29) is 11.5 Å². The van der Waals surface area contributed by atoms with E-state index < -0.39 is 6.10 Å². The van der Waals surface area contributed by atoms with E-state index in [2.05, 4.69) is 15.0 Å². The largest absolute Gasteiger partial charge is 0.368 e. The van der Waals surface area contributed by atoms with Crippen LogP contribution in [0.25, 0.3) is 10.9 Å². The molecule has 4 rings (SSSR count). The van der Waals surface area contributed by atoms with Crippen molar-refractivity contribution in [3.63, 3.8) is 0 Å². The van der Waals surface area contributed by atoms with Crippen molar-refractivity contribution in [2.75, 3.05) is 19.7 Å². The monoisotopic (exact) mass is 350 g/mol. The van der Waals surface area contributed by atoms with Crippen LogP contribution in [0.2, 0.25) is 0 Å². The number of pyridine rings is 1. The zero-order valence-corrected chi connectivity index (χ0v) is 14.3. The summed E-state index contributed by atoms with van der Waals surface area (Å²) < 4.78 is 5.76. The summed E-state index contributed by atoms with van der Waals surface area (Å²) in [4.78, 5) is 37.8. The zero-order valence-electron chi connectivity index (χ0n) is 14.3. The van der Waals surface area contributed by atoms with Gasteiger partial charge in [0.25, 0.3) is 11.5 Å². The van der Waals surface area contributed by atoms with Gasteiger partial charge >= 0.3 is 0 Å². The first-order chi connectivity index (χ1) is 12.6. The summed E-state index contributed by atoms with van der Waals surface area (Å²) in [5.74, 6) is 0.457. The minimum atomic E-state index is -0.415. The fourth-order valence-corrected chi connectivity index (χ4v) is 3.24. The molecule has 0 bridgehead atoms. The first kappa shape index (κ1) is 16.4. The van der Waals surface area contributed by atoms with Crippen molar-refractivity contribution in [2.24, 2.45) is 0 Å². The molecule has 1 N–H and O–H groups in total. The number of aryl methyl sites for hydroxylation is 1. The molecular formula is C19H18N4O3. The Morgan fingerprint density at radius 3 is 3.04 bits per heavy atom. The maximum absolute atomic E-state index is 13.1. The van der Waals surface area contributed by atoms with Crippen LogP contribution < -0.4 is 5.56 Å². The molecule has 0 spiro atoms. The molecule has 26 heavy (non-hydrogen) atoms. The number of hydrogen-bond acceptors (Lipinski definition) is 5. The van der Waals surface area contributed by atoms with Gasteiger partial charge in [-0.3, -0.25) is 14.6 Å². The molecule has 1 aromatic carbocycles. The number of carbonyl (C=O) groups excluding carboxylic acids is 1. The molecule has 0 saturated carbocycles. The molecule has 7 heteroatoms. The van der Waals surface area contributed by atoms with Crippen molar-refractivity contribution < 1.29 is 9.53 Å². The van der Waals surface area contributed by atoms with Gasteiger partial charge in [-0.15, -0.1) is 0 Å². The van der Waals surface area contributed by atoms with Gasteiger partial charge in [0.1, 0.15) is 11.9 Å². The summed E-state index contributed by atoms with van der Waals surface area (Å²) >= 11 is 0. The molecular weight excluding hydrogens is 332 g/mol. The molecule has 132 valence electrons. The Balaban J connectivity index is 1.63. The van der Waals surface area contributed by atoms with Crippen molar-refractivity contribution in [1.82, 2.24) is 19.9 Å². The SMILES string of the molecule is Cc1nc(C2CN(C(=O)c3cccc4ncccc34)CCO2)cc(=O)[nH]1. The predicted molar refractivity (Wildman–Crippen MR) is 95.9 cm³/mol. The smallest absolute Gasteiger partial charge is 0.254 e. The summed E-state index contributed by atoms with van der Waals surface area (Å²) in [6.07, 6.45) is 1.30. The lowest BCUT2D eigenvalue weighted by Crippen LogP contribution is -2.42. The molecule has 7 nitrogen and oxygen atoms in total. The number of amides is 1. The van der Waals surface area contributed by atoms with Crippen LogP contribution in [0, 0.1) is 6.92 Å². The molecule has 1 saturated heterocycles. The average Bonchev–Trinajstić information content (AvgIpc) is 2.66. The summed E-state index contributed by atoms with van der Waals surface area (Å²) in [6, 6.07) is 10.7. The second kappa shape index (κ2) is 6.68. The lowest BCUT2D eigenvalue weighted by Gasteiger charge is -2.33. The maximum Gasteiger partial charge on any atom is 0.254 e. The Hall–Kier alpha value is -3.06. The highest BCUT2D eigenvalue weighted by Gasteiger charge is 2.28. The fraction of sp³-hybridized carbons (Fsp3) is 0.263. The Kier molecular flexibility index (Phi) is 4.22. The van der Waals surface area contributed by atoms with E-state index in [0.29, 0.717) is 36.8 Å². The minimum Gasteiger partial charge on any atom is -0.368 e. The molecule has 1 aliphatic rings. The number of aromatic amines is 1. The average molecular weight is 350 g/mol. The van der Waals surface area contributed by atoms with Gasteiger partial charge in [-0.2, -0.15) is 0 Å². The highest BCUT2D eigenvalue weighted by Crippen LogP contribution is 2.23.